The number of benzene rings is 2. The first-order valence-electron chi connectivity index (χ1n) is 8.47. The Morgan fingerprint density at radius 1 is 0.929 bits per heavy atom. The van der Waals surface area contributed by atoms with Crippen molar-refractivity contribution in [2.75, 3.05) is 16.0 Å². The number of hydrogen-bond acceptors (Lipinski definition) is 5. The second-order valence-electron chi connectivity index (χ2n) is 6.01. The van der Waals surface area contributed by atoms with E-state index in [1.165, 1.54) is 19.1 Å². The number of carbonyl (C=O) groups is 2. The van der Waals surface area contributed by atoms with E-state index in [1.807, 2.05) is 0 Å². The minimum Gasteiger partial charge on any atom is -0.338 e. The summed E-state index contributed by atoms with van der Waals surface area (Å²) >= 11 is 0. The van der Waals surface area contributed by atoms with E-state index in [0.717, 1.165) is 0 Å². The van der Waals surface area contributed by atoms with E-state index in [-0.39, 0.29) is 17.3 Å². The summed E-state index contributed by atoms with van der Waals surface area (Å²) in [6.07, 6.45) is 0. The average Bonchev–Trinajstić information content (AvgIpc) is 2.63. The molecule has 0 atom stereocenters. The molecule has 0 saturated heterocycles. The van der Waals surface area contributed by atoms with Crippen molar-refractivity contribution in [3.63, 3.8) is 0 Å². The van der Waals surface area contributed by atoms with Crippen LogP contribution in [0.5, 0.6) is 0 Å². The largest absolute Gasteiger partial charge is 0.338 e. The fraction of sp³-hybridized carbons (Fsp3) is 0.100. The first-order chi connectivity index (χ1) is 13.4. The van der Waals surface area contributed by atoms with Gasteiger partial charge in [-0.25, -0.2) is 14.4 Å². The lowest BCUT2D eigenvalue weighted by Gasteiger charge is -2.10. The molecule has 1 aromatic heterocycles. The van der Waals surface area contributed by atoms with Crippen LogP contribution in [0.1, 0.15) is 23.2 Å². The minimum atomic E-state index is -0.456. The van der Waals surface area contributed by atoms with Gasteiger partial charge in [0.2, 0.25) is 5.91 Å². The predicted octanol–water partition coefficient (Wildman–Crippen LogP) is 3.88. The smallest absolute Gasteiger partial charge is 0.274 e. The molecule has 28 heavy (non-hydrogen) atoms. The summed E-state index contributed by atoms with van der Waals surface area (Å²) in [6.45, 7) is 3.04. The maximum Gasteiger partial charge on any atom is 0.274 e. The van der Waals surface area contributed by atoms with Gasteiger partial charge in [-0.3, -0.25) is 9.59 Å². The van der Waals surface area contributed by atoms with Crippen molar-refractivity contribution in [3.05, 3.63) is 71.9 Å². The molecule has 0 radical (unpaired) electrons. The average molecular weight is 379 g/mol. The molecular formula is C20H18FN5O2. The van der Waals surface area contributed by atoms with Crippen molar-refractivity contribution in [2.45, 2.75) is 13.8 Å². The third kappa shape index (κ3) is 4.88. The summed E-state index contributed by atoms with van der Waals surface area (Å²) in [7, 11) is 0. The fourth-order valence-electron chi connectivity index (χ4n) is 2.52. The normalized spacial score (nSPS) is 10.2. The minimum absolute atomic E-state index is 0.122. The van der Waals surface area contributed by atoms with Gasteiger partial charge in [-0.2, -0.15) is 0 Å². The summed E-state index contributed by atoms with van der Waals surface area (Å²) in [4.78, 5) is 32.1. The number of halogens is 1. The first-order valence-corrected chi connectivity index (χ1v) is 8.47. The Labute approximate surface area is 161 Å². The molecule has 3 aromatic rings. The molecule has 3 N–H and O–H groups in total. The molecule has 8 heteroatoms. The van der Waals surface area contributed by atoms with E-state index in [2.05, 4.69) is 25.9 Å². The van der Waals surface area contributed by atoms with Gasteiger partial charge in [0.25, 0.3) is 5.91 Å². The van der Waals surface area contributed by atoms with E-state index in [0.29, 0.717) is 23.0 Å². The summed E-state index contributed by atoms with van der Waals surface area (Å²) < 4.78 is 13.8. The zero-order chi connectivity index (χ0) is 20.1. The number of nitrogens with zero attached hydrogens (tertiary/aromatic N) is 2. The monoisotopic (exact) mass is 379 g/mol. The zero-order valence-corrected chi connectivity index (χ0v) is 15.3. The number of aromatic nitrogens is 2. The van der Waals surface area contributed by atoms with Crippen molar-refractivity contribution in [3.8, 4) is 0 Å². The van der Waals surface area contributed by atoms with Crippen molar-refractivity contribution < 1.29 is 14.0 Å². The molecule has 7 nitrogen and oxygen atoms in total. The Hall–Kier alpha value is -3.81. The molecule has 0 fully saturated rings. The van der Waals surface area contributed by atoms with Crippen LogP contribution in [0.25, 0.3) is 0 Å². The van der Waals surface area contributed by atoms with Crippen LogP contribution < -0.4 is 16.0 Å². The molecule has 0 aliphatic carbocycles. The maximum absolute atomic E-state index is 13.8. The summed E-state index contributed by atoms with van der Waals surface area (Å²) in [5.74, 6) is -0.436. The third-order valence-corrected chi connectivity index (χ3v) is 3.65. The van der Waals surface area contributed by atoms with E-state index in [1.54, 1.807) is 49.4 Å². The predicted molar refractivity (Wildman–Crippen MR) is 105 cm³/mol. The quantitative estimate of drug-likeness (QED) is 0.625. The number of amides is 2. The third-order valence-electron chi connectivity index (χ3n) is 3.65. The number of hydrogen-bond donors (Lipinski definition) is 3. The molecule has 0 unspecified atom stereocenters. The molecule has 0 bridgehead atoms. The summed E-state index contributed by atoms with van der Waals surface area (Å²) in [6, 6.07) is 14.3. The highest BCUT2D eigenvalue weighted by Gasteiger charge is 2.12. The Kier molecular flexibility index (Phi) is 5.59. The molecular weight excluding hydrogens is 361 g/mol. The topological polar surface area (TPSA) is 96.0 Å². The SMILES string of the molecule is CC(=O)Nc1cccc(NC(=O)c2cc(Nc3ccccc3F)nc(C)n2)c1. The van der Waals surface area contributed by atoms with Gasteiger partial charge in [-0.05, 0) is 37.3 Å². The van der Waals surface area contributed by atoms with Crippen molar-refractivity contribution in [1.82, 2.24) is 9.97 Å². The van der Waals surface area contributed by atoms with Crippen LogP contribution in [0.4, 0.5) is 27.3 Å². The van der Waals surface area contributed by atoms with Gasteiger partial charge in [-0.15, -0.1) is 0 Å². The molecule has 3 rings (SSSR count). The zero-order valence-electron chi connectivity index (χ0n) is 15.3. The molecule has 142 valence electrons. The van der Waals surface area contributed by atoms with Crippen LogP contribution in [0.15, 0.2) is 54.6 Å². The number of aryl methyl sites for hydroxylation is 1. The summed E-state index contributed by atoms with van der Waals surface area (Å²) in [5.41, 5.74) is 1.42. The first kappa shape index (κ1) is 19.0. The lowest BCUT2D eigenvalue weighted by atomic mass is 10.2. The van der Waals surface area contributed by atoms with Crippen LogP contribution >= 0.6 is 0 Å². The molecule has 0 spiro atoms. The van der Waals surface area contributed by atoms with E-state index >= 15 is 0 Å². The molecule has 0 aliphatic heterocycles. The second kappa shape index (κ2) is 8.26. The van der Waals surface area contributed by atoms with Gasteiger partial charge in [0.05, 0.1) is 5.69 Å². The number of anilines is 4. The second-order valence-corrected chi connectivity index (χ2v) is 6.01. The van der Waals surface area contributed by atoms with Gasteiger partial charge < -0.3 is 16.0 Å². The Morgan fingerprint density at radius 3 is 2.36 bits per heavy atom. The molecule has 0 saturated carbocycles. The molecule has 2 aromatic carbocycles. The van der Waals surface area contributed by atoms with Gasteiger partial charge in [-0.1, -0.05) is 18.2 Å². The lowest BCUT2D eigenvalue weighted by Crippen LogP contribution is -2.16. The van der Waals surface area contributed by atoms with Crippen molar-refractivity contribution in [1.29, 1.82) is 0 Å². The number of rotatable bonds is 5. The van der Waals surface area contributed by atoms with Crippen LogP contribution in [-0.4, -0.2) is 21.8 Å². The highest BCUT2D eigenvalue weighted by molar-refractivity contribution is 6.03. The Balaban J connectivity index is 1.80. The van der Waals surface area contributed by atoms with Crippen LogP contribution in [0.2, 0.25) is 0 Å². The highest BCUT2D eigenvalue weighted by Crippen LogP contribution is 2.20. The summed E-state index contributed by atoms with van der Waals surface area (Å²) in [5, 5.41) is 8.22. The standard InChI is InChI=1S/C20H18FN5O2/c1-12-22-18(11-19(23-12)26-17-9-4-3-8-16(17)21)20(28)25-15-7-5-6-14(10-15)24-13(2)27/h3-11H,1-2H3,(H,24,27)(H,25,28)(H,22,23,26). The number of para-hydroxylation sites is 1. The molecule has 0 aliphatic rings. The van der Waals surface area contributed by atoms with Gasteiger partial charge in [0.1, 0.15) is 23.2 Å². The Morgan fingerprint density at radius 2 is 1.64 bits per heavy atom. The maximum atomic E-state index is 13.8. The van der Waals surface area contributed by atoms with E-state index < -0.39 is 11.7 Å². The van der Waals surface area contributed by atoms with Crippen LogP contribution in [0.3, 0.4) is 0 Å². The number of carbonyl (C=O) groups excluding carboxylic acids is 2. The highest BCUT2D eigenvalue weighted by atomic mass is 19.1. The van der Waals surface area contributed by atoms with Crippen LogP contribution in [-0.2, 0) is 4.79 Å². The van der Waals surface area contributed by atoms with E-state index in [9.17, 15) is 14.0 Å². The lowest BCUT2D eigenvalue weighted by molar-refractivity contribution is -0.114. The Bertz CT molecular complexity index is 1040. The fourth-order valence-corrected chi connectivity index (χ4v) is 2.52. The molecule has 1 heterocycles. The van der Waals surface area contributed by atoms with Gasteiger partial charge in [0, 0.05) is 24.4 Å². The van der Waals surface area contributed by atoms with Gasteiger partial charge in [0.15, 0.2) is 0 Å². The van der Waals surface area contributed by atoms with Crippen LogP contribution in [0, 0.1) is 12.7 Å². The molecule has 2 amide bonds. The van der Waals surface area contributed by atoms with Crippen molar-refractivity contribution in [2.24, 2.45) is 0 Å². The number of nitrogens with one attached hydrogen (secondary N) is 3. The van der Waals surface area contributed by atoms with E-state index in [4.69, 9.17) is 0 Å². The van der Waals surface area contributed by atoms with Crippen molar-refractivity contribution >= 4 is 34.7 Å². The van der Waals surface area contributed by atoms with Gasteiger partial charge >= 0.3 is 0 Å².